The predicted molar refractivity (Wildman–Crippen MR) is 90.2 cm³/mol. The smallest absolute Gasteiger partial charge is 0.233 e. The van der Waals surface area contributed by atoms with E-state index in [0.717, 1.165) is 58.2 Å². The van der Waals surface area contributed by atoms with Crippen LogP contribution in [-0.2, 0) is 4.79 Å². The number of nitrogens with two attached hydrogens (primary N) is 1. The molecule has 2 rings (SSSR count). The molecule has 0 aromatic rings. The second-order valence-corrected chi connectivity index (χ2v) is 7.26. The highest BCUT2D eigenvalue weighted by Crippen LogP contribution is 2.36. The minimum atomic E-state index is -0.586. The zero-order valence-corrected chi connectivity index (χ0v) is 14.0. The minimum Gasteiger partial charge on any atom is -0.392 e. The van der Waals surface area contributed by atoms with Crippen molar-refractivity contribution in [3.8, 4) is 0 Å². The first-order chi connectivity index (χ1) is 10.0. The summed E-state index contributed by atoms with van der Waals surface area (Å²) in [6, 6.07) is 0. The third-order valence-corrected chi connectivity index (χ3v) is 5.64. The van der Waals surface area contributed by atoms with E-state index >= 15 is 0 Å². The lowest BCUT2D eigenvalue weighted by Crippen LogP contribution is -2.50. The van der Waals surface area contributed by atoms with E-state index in [4.69, 9.17) is 18.0 Å². The van der Waals surface area contributed by atoms with Crippen LogP contribution in [0, 0.1) is 11.3 Å². The number of carbonyl (C=O) groups is 1. The largest absolute Gasteiger partial charge is 0.392 e. The molecule has 4 nitrogen and oxygen atoms in total. The first-order valence-corrected chi connectivity index (χ1v) is 8.72. The number of carbonyl (C=O) groups excluding carboxylic acids is 1. The van der Waals surface area contributed by atoms with Gasteiger partial charge in [0.25, 0.3) is 0 Å². The number of rotatable bonds is 4. The molecule has 0 atom stereocenters. The van der Waals surface area contributed by atoms with Crippen molar-refractivity contribution in [2.45, 2.75) is 51.4 Å². The van der Waals surface area contributed by atoms with Crippen molar-refractivity contribution in [3.63, 3.8) is 0 Å². The molecule has 1 saturated carbocycles. The molecule has 0 bridgehead atoms. The van der Waals surface area contributed by atoms with Crippen molar-refractivity contribution in [2.24, 2.45) is 17.1 Å². The maximum Gasteiger partial charge on any atom is 0.233 e. The molecular formula is C16H29N3OS. The zero-order chi connectivity index (χ0) is 15.3. The highest BCUT2D eigenvalue weighted by molar-refractivity contribution is 7.80. The van der Waals surface area contributed by atoms with Crippen molar-refractivity contribution >= 4 is 23.1 Å². The molecule has 0 radical (unpaired) electrons. The van der Waals surface area contributed by atoms with Crippen LogP contribution >= 0.6 is 12.2 Å². The van der Waals surface area contributed by atoms with E-state index in [9.17, 15) is 4.79 Å². The molecule has 2 fully saturated rings. The van der Waals surface area contributed by atoms with E-state index in [-0.39, 0.29) is 5.91 Å². The summed E-state index contributed by atoms with van der Waals surface area (Å²) in [5, 5.41) is 3.16. The van der Waals surface area contributed by atoms with Crippen LogP contribution in [0.5, 0.6) is 0 Å². The fourth-order valence-corrected chi connectivity index (χ4v) is 3.89. The highest BCUT2D eigenvalue weighted by Gasteiger charge is 2.41. The lowest BCUT2D eigenvalue weighted by atomic mass is 9.79. The molecule has 0 aromatic heterocycles. The monoisotopic (exact) mass is 311 g/mol. The average molecular weight is 311 g/mol. The Morgan fingerprint density at radius 1 is 1.24 bits per heavy atom. The fourth-order valence-electron chi connectivity index (χ4n) is 3.59. The Kier molecular flexibility index (Phi) is 5.99. The molecular weight excluding hydrogens is 282 g/mol. The van der Waals surface area contributed by atoms with Crippen molar-refractivity contribution in [1.82, 2.24) is 10.2 Å². The van der Waals surface area contributed by atoms with Crippen molar-refractivity contribution in [3.05, 3.63) is 0 Å². The summed E-state index contributed by atoms with van der Waals surface area (Å²) in [4.78, 5) is 15.5. The Morgan fingerprint density at radius 2 is 1.81 bits per heavy atom. The molecule has 1 aliphatic heterocycles. The summed E-state index contributed by atoms with van der Waals surface area (Å²) in [6.45, 7) is 3.03. The van der Waals surface area contributed by atoms with Crippen LogP contribution in [0.3, 0.4) is 0 Å². The Bertz CT molecular complexity index is 370. The van der Waals surface area contributed by atoms with Crippen LogP contribution in [0.1, 0.15) is 51.4 Å². The van der Waals surface area contributed by atoms with Crippen LogP contribution < -0.4 is 11.1 Å². The third kappa shape index (κ3) is 4.16. The van der Waals surface area contributed by atoms with E-state index in [1.165, 1.54) is 12.8 Å². The second-order valence-electron chi connectivity index (χ2n) is 6.82. The van der Waals surface area contributed by atoms with E-state index < -0.39 is 5.41 Å². The Morgan fingerprint density at radius 3 is 2.33 bits per heavy atom. The quantitative estimate of drug-likeness (QED) is 0.616. The SMILES string of the molecule is CN1CCC(CNC(=O)C2(C(N)=S)CCCCCC2)CC1. The van der Waals surface area contributed by atoms with Gasteiger partial charge in [0.05, 0.1) is 10.4 Å². The summed E-state index contributed by atoms with van der Waals surface area (Å²) in [5.74, 6) is 0.676. The predicted octanol–water partition coefficient (Wildman–Crippen LogP) is 2.07. The van der Waals surface area contributed by atoms with Gasteiger partial charge in [-0.05, 0) is 51.7 Å². The first kappa shape index (κ1) is 16.7. The maximum atomic E-state index is 12.7. The summed E-state index contributed by atoms with van der Waals surface area (Å²) in [5.41, 5.74) is 5.38. The summed E-state index contributed by atoms with van der Waals surface area (Å²) in [6.07, 6.45) is 8.45. The van der Waals surface area contributed by atoms with Gasteiger partial charge in [0, 0.05) is 6.54 Å². The van der Waals surface area contributed by atoms with Crippen molar-refractivity contribution < 1.29 is 4.79 Å². The van der Waals surface area contributed by atoms with Crippen molar-refractivity contribution in [2.75, 3.05) is 26.7 Å². The van der Waals surface area contributed by atoms with Crippen LogP contribution in [0.15, 0.2) is 0 Å². The van der Waals surface area contributed by atoms with Crippen LogP contribution in [0.2, 0.25) is 0 Å². The van der Waals surface area contributed by atoms with E-state index in [2.05, 4.69) is 17.3 Å². The van der Waals surface area contributed by atoms with Gasteiger partial charge in [-0.1, -0.05) is 37.9 Å². The van der Waals surface area contributed by atoms with E-state index in [1.807, 2.05) is 0 Å². The molecule has 2 aliphatic rings. The zero-order valence-electron chi connectivity index (χ0n) is 13.2. The molecule has 1 amide bonds. The Balaban J connectivity index is 1.91. The number of amides is 1. The summed E-state index contributed by atoms with van der Waals surface area (Å²) >= 11 is 5.26. The molecule has 1 aliphatic carbocycles. The molecule has 0 unspecified atom stereocenters. The van der Waals surface area contributed by atoms with Crippen LogP contribution in [0.25, 0.3) is 0 Å². The Labute approximate surface area is 133 Å². The van der Waals surface area contributed by atoms with Gasteiger partial charge in [-0.25, -0.2) is 0 Å². The highest BCUT2D eigenvalue weighted by atomic mass is 32.1. The number of nitrogens with one attached hydrogen (secondary N) is 1. The van der Waals surface area contributed by atoms with Gasteiger partial charge in [-0.15, -0.1) is 0 Å². The second kappa shape index (κ2) is 7.54. The van der Waals surface area contributed by atoms with Gasteiger partial charge in [0.2, 0.25) is 5.91 Å². The molecule has 120 valence electrons. The normalized spacial score (nSPS) is 24.2. The molecule has 0 spiro atoms. The van der Waals surface area contributed by atoms with Crippen LogP contribution in [0.4, 0.5) is 0 Å². The lowest BCUT2D eigenvalue weighted by Gasteiger charge is -2.33. The summed E-state index contributed by atoms with van der Waals surface area (Å²) in [7, 11) is 2.15. The Hall–Kier alpha value is -0.680. The number of piperidine rings is 1. The number of thiocarbonyl (C=S) groups is 1. The molecule has 1 saturated heterocycles. The first-order valence-electron chi connectivity index (χ1n) is 8.31. The third-order valence-electron chi connectivity index (χ3n) is 5.25. The number of hydrogen-bond donors (Lipinski definition) is 2. The van der Waals surface area contributed by atoms with Gasteiger partial charge < -0.3 is 16.0 Å². The maximum absolute atomic E-state index is 12.7. The molecule has 21 heavy (non-hydrogen) atoms. The molecule has 5 heteroatoms. The number of likely N-dealkylation sites (tertiary alicyclic amines) is 1. The summed E-state index contributed by atoms with van der Waals surface area (Å²) < 4.78 is 0. The molecule has 3 N–H and O–H groups in total. The van der Waals surface area contributed by atoms with E-state index in [0.29, 0.717) is 10.9 Å². The molecule has 0 aromatic carbocycles. The average Bonchev–Trinajstić information content (AvgIpc) is 2.73. The van der Waals surface area contributed by atoms with Crippen molar-refractivity contribution in [1.29, 1.82) is 0 Å². The van der Waals surface area contributed by atoms with Gasteiger partial charge >= 0.3 is 0 Å². The number of nitrogens with zero attached hydrogens (tertiary/aromatic N) is 1. The molecule has 1 heterocycles. The van der Waals surface area contributed by atoms with Gasteiger partial charge in [0.15, 0.2) is 0 Å². The lowest BCUT2D eigenvalue weighted by molar-refractivity contribution is -0.128. The van der Waals surface area contributed by atoms with Gasteiger partial charge in [-0.2, -0.15) is 0 Å². The van der Waals surface area contributed by atoms with Gasteiger partial charge in [-0.3, -0.25) is 4.79 Å². The minimum absolute atomic E-state index is 0.0795. The van der Waals surface area contributed by atoms with E-state index in [1.54, 1.807) is 0 Å². The van der Waals surface area contributed by atoms with Gasteiger partial charge in [0.1, 0.15) is 0 Å². The number of hydrogen-bond acceptors (Lipinski definition) is 3. The van der Waals surface area contributed by atoms with Crippen LogP contribution in [-0.4, -0.2) is 42.5 Å². The fraction of sp³-hybridized carbons (Fsp3) is 0.875. The topological polar surface area (TPSA) is 58.4 Å². The standard InChI is InChI=1S/C16H29N3OS/c1-19-10-6-13(7-11-19)12-18-15(20)16(14(17)21)8-4-2-3-5-9-16/h13H,2-12H2,1H3,(H2,17,21)(H,18,20).